The van der Waals surface area contributed by atoms with Crippen molar-refractivity contribution in [2.24, 2.45) is 0 Å². The third kappa shape index (κ3) is 1.13. The van der Waals surface area contributed by atoms with Crippen LogP contribution in [0.5, 0.6) is 0 Å². The SMILES string of the molecule is O=C(n1cnnn1)n1nnnc1F. The molecule has 9 nitrogen and oxygen atoms in total. The Morgan fingerprint density at radius 3 is 2.77 bits per heavy atom. The fourth-order valence-corrected chi connectivity index (χ4v) is 0.639. The molecule has 2 aromatic heterocycles. The number of carbonyl (C=O) groups is 1. The monoisotopic (exact) mass is 184 g/mol. The summed E-state index contributed by atoms with van der Waals surface area (Å²) in [5.74, 6) is 0. The second kappa shape index (κ2) is 2.66. The molecule has 0 aliphatic heterocycles. The van der Waals surface area contributed by atoms with Crippen molar-refractivity contribution in [1.29, 1.82) is 0 Å². The van der Waals surface area contributed by atoms with Gasteiger partial charge in [-0.05, 0) is 20.9 Å². The van der Waals surface area contributed by atoms with Gasteiger partial charge in [0.25, 0.3) is 0 Å². The maximum absolute atomic E-state index is 12.6. The third-order valence-corrected chi connectivity index (χ3v) is 1.16. The molecule has 0 unspecified atom stereocenters. The summed E-state index contributed by atoms with van der Waals surface area (Å²) in [6, 6.07) is -0.896. The van der Waals surface area contributed by atoms with E-state index >= 15 is 0 Å². The van der Waals surface area contributed by atoms with Gasteiger partial charge >= 0.3 is 12.1 Å². The second-order valence-corrected chi connectivity index (χ2v) is 1.90. The maximum atomic E-state index is 12.6. The van der Waals surface area contributed by atoms with Crippen molar-refractivity contribution in [2.75, 3.05) is 0 Å². The van der Waals surface area contributed by atoms with Crippen LogP contribution in [-0.4, -0.2) is 46.4 Å². The summed E-state index contributed by atoms with van der Waals surface area (Å²) in [5, 5.41) is 18.5. The Hall–Kier alpha value is -2.26. The van der Waals surface area contributed by atoms with E-state index in [1.54, 1.807) is 0 Å². The van der Waals surface area contributed by atoms with Gasteiger partial charge in [0, 0.05) is 0 Å². The summed E-state index contributed by atoms with van der Waals surface area (Å²) >= 11 is 0. The first-order chi connectivity index (χ1) is 6.29. The van der Waals surface area contributed by atoms with Gasteiger partial charge in [0.15, 0.2) is 0 Å². The molecular weight excluding hydrogens is 183 g/mol. The van der Waals surface area contributed by atoms with Gasteiger partial charge in [0.1, 0.15) is 6.33 Å². The summed E-state index contributed by atoms with van der Waals surface area (Å²) in [6.45, 7) is 0. The predicted octanol–water partition coefficient (Wildman–Crippen LogP) is -1.68. The molecule has 2 rings (SSSR count). The van der Waals surface area contributed by atoms with Crippen LogP contribution in [0.25, 0.3) is 0 Å². The summed E-state index contributed by atoms with van der Waals surface area (Å²) in [7, 11) is 0. The molecule has 10 heteroatoms. The molecule has 0 radical (unpaired) electrons. The lowest BCUT2D eigenvalue weighted by molar-refractivity contribution is 0.233. The first kappa shape index (κ1) is 7.39. The zero-order chi connectivity index (χ0) is 9.26. The topological polar surface area (TPSA) is 104 Å². The number of tetrazole rings is 2. The number of rotatable bonds is 0. The fourth-order valence-electron chi connectivity index (χ4n) is 0.639. The van der Waals surface area contributed by atoms with Crippen molar-refractivity contribution in [3.8, 4) is 0 Å². The van der Waals surface area contributed by atoms with Crippen molar-refractivity contribution < 1.29 is 9.18 Å². The van der Waals surface area contributed by atoms with Crippen LogP contribution >= 0.6 is 0 Å². The highest BCUT2D eigenvalue weighted by atomic mass is 19.1. The van der Waals surface area contributed by atoms with Crippen LogP contribution in [0.3, 0.4) is 0 Å². The molecule has 0 saturated heterocycles. The van der Waals surface area contributed by atoms with Gasteiger partial charge < -0.3 is 0 Å². The van der Waals surface area contributed by atoms with Gasteiger partial charge in [0.2, 0.25) is 0 Å². The van der Waals surface area contributed by atoms with Crippen LogP contribution in [0.15, 0.2) is 6.33 Å². The van der Waals surface area contributed by atoms with Crippen LogP contribution in [0, 0.1) is 6.08 Å². The van der Waals surface area contributed by atoms with Gasteiger partial charge in [-0.2, -0.15) is 4.39 Å². The highest BCUT2D eigenvalue weighted by molar-refractivity contribution is 5.76. The average Bonchev–Trinajstić information content (AvgIpc) is 2.72. The van der Waals surface area contributed by atoms with E-state index in [0.717, 1.165) is 6.33 Å². The minimum atomic E-state index is -1.12. The van der Waals surface area contributed by atoms with E-state index < -0.39 is 12.1 Å². The van der Waals surface area contributed by atoms with Gasteiger partial charge in [-0.25, -0.2) is 4.79 Å². The van der Waals surface area contributed by atoms with Gasteiger partial charge in [-0.15, -0.1) is 14.5 Å². The molecule has 0 bridgehead atoms. The molecule has 2 heterocycles. The molecule has 0 fully saturated rings. The van der Waals surface area contributed by atoms with E-state index in [0.29, 0.717) is 9.36 Å². The zero-order valence-corrected chi connectivity index (χ0v) is 5.94. The standard InChI is InChI=1S/C3HFN8O/c4-2-6-8-10-12(2)3(13)11-1-5-7-9-11/h1H. The van der Waals surface area contributed by atoms with Gasteiger partial charge in [0.05, 0.1) is 0 Å². The van der Waals surface area contributed by atoms with Crippen molar-refractivity contribution in [3.63, 3.8) is 0 Å². The number of hydrogen-bond acceptors (Lipinski definition) is 7. The van der Waals surface area contributed by atoms with E-state index in [9.17, 15) is 9.18 Å². The Kier molecular flexibility index (Phi) is 1.51. The molecule has 0 aromatic carbocycles. The minimum Gasteiger partial charge on any atom is -0.243 e. The van der Waals surface area contributed by atoms with Crippen LogP contribution in [0.2, 0.25) is 0 Å². The number of halogens is 1. The largest absolute Gasteiger partial charge is 0.377 e. The molecule has 0 N–H and O–H groups in total. The molecule has 2 aromatic rings. The quantitative estimate of drug-likeness (QED) is 0.450. The predicted molar refractivity (Wildman–Crippen MR) is 31.8 cm³/mol. The third-order valence-electron chi connectivity index (χ3n) is 1.16. The highest BCUT2D eigenvalue weighted by Gasteiger charge is 2.15. The number of nitrogens with zero attached hydrogens (tertiary/aromatic N) is 8. The van der Waals surface area contributed by atoms with E-state index in [2.05, 4.69) is 31.1 Å². The summed E-state index contributed by atoms with van der Waals surface area (Å²) < 4.78 is 13.6. The highest BCUT2D eigenvalue weighted by Crippen LogP contribution is 1.90. The van der Waals surface area contributed by atoms with Crippen molar-refractivity contribution in [3.05, 3.63) is 12.4 Å². The zero-order valence-electron chi connectivity index (χ0n) is 5.94. The smallest absolute Gasteiger partial charge is 0.243 e. The van der Waals surface area contributed by atoms with E-state index in [4.69, 9.17) is 0 Å². The van der Waals surface area contributed by atoms with E-state index in [1.807, 2.05) is 0 Å². The van der Waals surface area contributed by atoms with E-state index in [-0.39, 0.29) is 0 Å². The molecule has 13 heavy (non-hydrogen) atoms. The molecular formula is C3HFN8O. The first-order valence-electron chi connectivity index (χ1n) is 3.00. The normalized spacial score (nSPS) is 10.2. The Labute approximate surface area is 69.1 Å². The summed E-state index contributed by atoms with van der Waals surface area (Å²) in [6.07, 6.45) is -0.121. The number of carbonyl (C=O) groups excluding carboxylic acids is 1. The maximum Gasteiger partial charge on any atom is 0.377 e. The van der Waals surface area contributed by atoms with Crippen LogP contribution in [0.4, 0.5) is 9.18 Å². The molecule has 0 saturated carbocycles. The van der Waals surface area contributed by atoms with Crippen LogP contribution in [-0.2, 0) is 0 Å². The molecule has 0 spiro atoms. The molecule has 0 amide bonds. The summed E-state index contributed by atoms with van der Waals surface area (Å²) in [4.78, 5) is 11.2. The van der Waals surface area contributed by atoms with Crippen molar-refractivity contribution >= 4 is 6.03 Å². The number of hydrogen-bond donors (Lipinski definition) is 0. The minimum absolute atomic E-state index is 0.330. The lowest BCUT2D eigenvalue weighted by Gasteiger charge is -1.93. The lowest BCUT2D eigenvalue weighted by atomic mass is 10.9. The molecule has 66 valence electrons. The summed E-state index contributed by atoms with van der Waals surface area (Å²) in [5.41, 5.74) is 0. The van der Waals surface area contributed by atoms with Crippen LogP contribution < -0.4 is 0 Å². The van der Waals surface area contributed by atoms with Gasteiger partial charge in [-0.3, -0.25) is 0 Å². The second-order valence-electron chi connectivity index (χ2n) is 1.90. The molecule has 0 aliphatic carbocycles. The fraction of sp³-hybridized carbons (Fsp3) is 0. The van der Waals surface area contributed by atoms with Crippen LogP contribution in [0.1, 0.15) is 0 Å². The lowest BCUT2D eigenvalue weighted by Crippen LogP contribution is -2.23. The number of aromatic nitrogens is 8. The van der Waals surface area contributed by atoms with Crippen molar-refractivity contribution in [2.45, 2.75) is 0 Å². The Morgan fingerprint density at radius 1 is 1.38 bits per heavy atom. The van der Waals surface area contributed by atoms with E-state index in [1.165, 1.54) is 0 Å². The average molecular weight is 184 g/mol. The molecule has 0 aliphatic rings. The Bertz CT molecular complexity index is 418. The van der Waals surface area contributed by atoms with Gasteiger partial charge in [-0.1, -0.05) is 5.10 Å². The Balaban J connectivity index is 2.39. The molecule has 0 atom stereocenters. The Morgan fingerprint density at radius 2 is 2.23 bits per heavy atom. The first-order valence-corrected chi connectivity index (χ1v) is 3.00. The van der Waals surface area contributed by atoms with Crippen molar-refractivity contribution in [1.82, 2.24) is 40.4 Å².